The van der Waals surface area contributed by atoms with Crippen molar-refractivity contribution in [1.29, 1.82) is 0 Å². The molecule has 1 aliphatic rings. The molecule has 154 valence electrons. The molecule has 1 aliphatic heterocycles. The maximum atomic E-state index is 13.3. The molecule has 0 saturated heterocycles. The second kappa shape index (κ2) is 9.69. The van der Waals surface area contributed by atoms with Gasteiger partial charge < -0.3 is 4.79 Å². The van der Waals surface area contributed by atoms with Crippen molar-refractivity contribution in [1.82, 2.24) is 14.8 Å². The van der Waals surface area contributed by atoms with Crippen LogP contribution >= 0.6 is 11.3 Å². The van der Waals surface area contributed by atoms with Crippen molar-refractivity contribution in [2.45, 2.75) is 55.0 Å². The average molecular weight is 415 g/mol. The summed E-state index contributed by atoms with van der Waals surface area (Å²) in [7, 11) is 0. The molecule has 3 heterocycles. The predicted molar refractivity (Wildman–Crippen MR) is 117 cm³/mol. The zero-order chi connectivity index (χ0) is 21.7. The van der Waals surface area contributed by atoms with Crippen LogP contribution in [0.3, 0.4) is 0 Å². The van der Waals surface area contributed by atoms with Crippen LogP contribution in [0.1, 0.15) is 60.9 Å². The van der Waals surface area contributed by atoms with Crippen LogP contribution in [-0.2, 0) is 11.3 Å². The zero-order valence-electron chi connectivity index (χ0n) is 18.0. The molecule has 29 heavy (non-hydrogen) atoms. The van der Waals surface area contributed by atoms with Crippen molar-refractivity contribution < 1.29 is 9.18 Å². The van der Waals surface area contributed by atoms with Gasteiger partial charge in [0.15, 0.2) is 5.82 Å². The van der Waals surface area contributed by atoms with Gasteiger partial charge in [0.05, 0.1) is 5.71 Å². The molecular weight excluding hydrogens is 387 g/mol. The lowest BCUT2D eigenvalue weighted by Crippen LogP contribution is -2.07. The second-order valence-electron chi connectivity index (χ2n) is 6.54. The van der Waals surface area contributed by atoms with E-state index in [2.05, 4.69) is 28.6 Å². The fourth-order valence-electron chi connectivity index (χ4n) is 2.89. The van der Waals surface area contributed by atoms with Crippen molar-refractivity contribution in [3.8, 4) is 5.00 Å². The van der Waals surface area contributed by atoms with Crippen LogP contribution in [0.15, 0.2) is 29.3 Å². The lowest BCUT2D eigenvalue weighted by Gasteiger charge is -2.09. The van der Waals surface area contributed by atoms with Gasteiger partial charge in [-0.3, -0.25) is 9.56 Å². The molecule has 0 N–H and O–H groups in total. The number of benzene rings is 1. The molecule has 0 fully saturated rings. The predicted octanol–water partition coefficient (Wildman–Crippen LogP) is 5.37. The van der Waals surface area contributed by atoms with Crippen molar-refractivity contribution in [3.05, 3.63) is 63.3 Å². The molecule has 0 saturated carbocycles. The van der Waals surface area contributed by atoms with Crippen molar-refractivity contribution in [2.24, 2.45) is 4.99 Å². The van der Waals surface area contributed by atoms with E-state index >= 15 is 0 Å². The first-order valence-electron chi connectivity index (χ1n) is 9.58. The van der Waals surface area contributed by atoms with Crippen LogP contribution in [0, 0.1) is 26.6 Å². The highest BCUT2D eigenvalue weighted by Gasteiger charge is 2.26. The summed E-state index contributed by atoms with van der Waals surface area (Å²) >= 11 is 1.72. The standard InChI is InChI=1S/C17H15FN4S.C3H6O.C2H6/c1-9-10(2)23-17-15(9)16(12-4-6-13(18)7-5-12)19-8-14-21-20-11(3)22(14)17;1-3(2)4;1-2/h4-7H,8H2,1-3H3;1-2H3;1-2H3. The van der Waals surface area contributed by atoms with E-state index in [-0.39, 0.29) is 11.6 Å². The number of thiophene rings is 1. The van der Waals surface area contributed by atoms with Gasteiger partial charge >= 0.3 is 0 Å². The molecule has 5 nitrogen and oxygen atoms in total. The highest BCUT2D eigenvalue weighted by atomic mass is 32.1. The molecule has 1 aromatic carbocycles. The number of carbonyl (C=O) groups is 1. The summed E-state index contributed by atoms with van der Waals surface area (Å²) in [6, 6.07) is 6.51. The van der Waals surface area contributed by atoms with Gasteiger partial charge in [0.25, 0.3) is 0 Å². The minimum atomic E-state index is -0.241. The summed E-state index contributed by atoms with van der Waals surface area (Å²) in [5, 5.41) is 9.53. The lowest BCUT2D eigenvalue weighted by molar-refractivity contribution is -0.114. The number of hydrogen-bond donors (Lipinski definition) is 0. The normalized spacial score (nSPS) is 11.7. The van der Waals surface area contributed by atoms with Crippen molar-refractivity contribution in [3.63, 3.8) is 0 Å². The van der Waals surface area contributed by atoms with Gasteiger partial charge in [-0.1, -0.05) is 13.8 Å². The summed E-state index contributed by atoms with van der Waals surface area (Å²) < 4.78 is 15.4. The highest BCUT2D eigenvalue weighted by molar-refractivity contribution is 7.15. The Morgan fingerprint density at radius 2 is 1.66 bits per heavy atom. The Morgan fingerprint density at radius 3 is 2.24 bits per heavy atom. The van der Waals surface area contributed by atoms with E-state index in [9.17, 15) is 9.18 Å². The summed E-state index contributed by atoms with van der Waals surface area (Å²) in [5.74, 6) is 1.62. The van der Waals surface area contributed by atoms with E-state index in [0.717, 1.165) is 33.5 Å². The highest BCUT2D eigenvalue weighted by Crippen LogP contribution is 2.36. The van der Waals surface area contributed by atoms with E-state index in [0.29, 0.717) is 6.54 Å². The van der Waals surface area contributed by atoms with Crippen molar-refractivity contribution in [2.75, 3.05) is 0 Å². The maximum absolute atomic E-state index is 13.3. The van der Waals surface area contributed by atoms with Crippen LogP contribution in [0.2, 0.25) is 0 Å². The minimum absolute atomic E-state index is 0.167. The number of hydrogen-bond acceptors (Lipinski definition) is 5. The lowest BCUT2D eigenvalue weighted by atomic mass is 10.00. The Kier molecular flexibility index (Phi) is 7.56. The van der Waals surface area contributed by atoms with Crippen LogP contribution in [0.5, 0.6) is 0 Å². The Labute approximate surface area is 175 Å². The van der Waals surface area contributed by atoms with Gasteiger partial charge in [-0.05, 0) is 64.4 Å². The SMILES string of the molecule is CC.CC(C)=O.Cc1sc2c(c1C)C(c1ccc(F)cc1)=NCc1nnc(C)n1-2. The zero-order valence-corrected chi connectivity index (χ0v) is 18.8. The third-order valence-corrected chi connectivity index (χ3v) is 5.39. The molecule has 3 aromatic rings. The van der Waals surface area contributed by atoms with Crippen LogP contribution in [0.4, 0.5) is 4.39 Å². The molecule has 0 spiro atoms. The number of halogens is 1. The fraction of sp³-hybridized carbons (Fsp3) is 0.364. The monoisotopic (exact) mass is 414 g/mol. The van der Waals surface area contributed by atoms with E-state index in [4.69, 9.17) is 4.99 Å². The number of nitrogens with zero attached hydrogens (tertiary/aromatic N) is 4. The van der Waals surface area contributed by atoms with E-state index in [1.54, 1.807) is 23.5 Å². The Hall–Kier alpha value is -2.67. The smallest absolute Gasteiger partial charge is 0.160 e. The van der Waals surface area contributed by atoms with Gasteiger partial charge in [-0.2, -0.15) is 0 Å². The van der Waals surface area contributed by atoms with Crippen LogP contribution in [0.25, 0.3) is 5.00 Å². The summed E-state index contributed by atoms with van der Waals surface area (Å²) in [5.41, 5.74) is 4.12. The van der Waals surface area contributed by atoms with Gasteiger partial charge in [0, 0.05) is 16.0 Å². The van der Waals surface area contributed by atoms with E-state index in [1.807, 2.05) is 20.8 Å². The number of rotatable bonds is 1. The molecule has 4 rings (SSSR count). The third-order valence-electron chi connectivity index (χ3n) is 4.19. The van der Waals surface area contributed by atoms with Gasteiger partial charge in [0.1, 0.15) is 29.0 Å². The Balaban J connectivity index is 0.000000449. The van der Waals surface area contributed by atoms with Gasteiger partial charge in [-0.15, -0.1) is 21.5 Å². The molecule has 0 radical (unpaired) electrons. The maximum Gasteiger partial charge on any atom is 0.160 e. The van der Waals surface area contributed by atoms with Crippen LogP contribution < -0.4 is 0 Å². The Bertz CT molecular complexity index is 1030. The molecule has 0 aliphatic carbocycles. The van der Waals surface area contributed by atoms with Crippen molar-refractivity contribution >= 4 is 22.8 Å². The van der Waals surface area contributed by atoms with Crippen LogP contribution in [-0.4, -0.2) is 26.3 Å². The molecular formula is C22H27FN4OS. The summed E-state index contributed by atoms with van der Waals surface area (Å²) in [6.07, 6.45) is 0. The fourth-order valence-corrected chi connectivity index (χ4v) is 4.12. The number of aliphatic imine (C=N–C) groups is 1. The molecule has 0 bridgehead atoms. The van der Waals surface area contributed by atoms with E-state index in [1.165, 1.54) is 36.4 Å². The van der Waals surface area contributed by atoms with Gasteiger partial charge in [0.2, 0.25) is 0 Å². The third kappa shape index (κ3) is 4.85. The molecule has 7 heteroatoms. The van der Waals surface area contributed by atoms with E-state index < -0.39 is 0 Å². The number of carbonyl (C=O) groups excluding carboxylic acids is 1. The van der Waals surface area contributed by atoms with Gasteiger partial charge in [-0.25, -0.2) is 4.39 Å². The number of fused-ring (bicyclic) bond motifs is 3. The summed E-state index contributed by atoms with van der Waals surface area (Å²) in [6.45, 7) is 13.7. The first kappa shape index (κ1) is 22.6. The first-order chi connectivity index (χ1) is 13.8. The second-order valence-corrected chi connectivity index (χ2v) is 7.75. The quantitative estimate of drug-likeness (QED) is 0.538. The molecule has 0 amide bonds. The number of aryl methyl sites for hydroxylation is 2. The average Bonchev–Trinajstić information content (AvgIpc) is 3.12. The first-order valence-corrected chi connectivity index (χ1v) is 10.4. The molecule has 0 atom stereocenters. The molecule has 0 unspecified atom stereocenters. The summed E-state index contributed by atoms with van der Waals surface area (Å²) in [4.78, 5) is 15.5. The number of ketones is 1. The molecule has 2 aromatic heterocycles. The minimum Gasteiger partial charge on any atom is -0.300 e. The Morgan fingerprint density at radius 1 is 1.07 bits per heavy atom. The number of aromatic nitrogens is 3. The topological polar surface area (TPSA) is 60.1 Å². The largest absolute Gasteiger partial charge is 0.300 e. The number of Topliss-reactive ketones (excluding diaryl/α,β-unsaturated/α-hetero) is 1.